The Balaban J connectivity index is 2.12. The number of hydrogen-bond donors (Lipinski definition) is 1. The SMILES string of the molecule is CC[C@H](N[C@H](C)c1ccc(S(C)(=O)=O)c(F)c1)[C@H]1CCCO1. The second-order valence-corrected chi connectivity index (χ2v) is 7.90. The third-order valence-electron chi connectivity index (χ3n) is 4.17. The Morgan fingerprint density at radius 2 is 2.18 bits per heavy atom. The lowest BCUT2D eigenvalue weighted by molar-refractivity contribution is 0.0735. The molecule has 1 heterocycles. The molecule has 6 heteroatoms. The quantitative estimate of drug-likeness (QED) is 0.872. The zero-order valence-corrected chi connectivity index (χ0v) is 14.1. The van der Waals surface area contributed by atoms with Crippen molar-refractivity contribution in [3.05, 3.63) is 29.6 Å². The van der Waals surface area contributed by atoms with E-state index in [-0.39, 0.29) is 23.1 Å². The van der Waals surface area contributed by atoms with Crippen LogP contribution in [0.3, 0.4) is 0 Å². The molecule has 1 saturated heterocycles. The normalized spacial score (nSPS) is 21.7. The lowest BCUT2D eigenvalue weighted by Crippen LogP contribution is -2.40. The predicted molar refractivity (Wildman–Crippen MR) is 84.1 cm³/mol. The van der Waals surface area contributed by atoms with Crippen molar-refractivity contribution in [2.75, 3.05) is 12.9 Å². The first kappa shape index (κ1) is 17.4. The van der Waals surface area contributed by atoms with Gasteiger partial charge in [0.15, 0.2) is 9.84 Å². The molecule has 0 aromatic heterocycles. The highest BCUT2D eigenvalue weighted by Crippen LogP contribution is 2.23. The van der Waals surface area contributed by atoms with Gasteiger partial charge in [-0.15, -0.1) is 0 Å². The number of halogens is 1. The molecule has 1 N–H and O–H groups in total. The third-order valence-corrected chi connectivity index (χ3v) is 5.30. The third kappa shape index (κ3) is 4.06. The summed E-state index contributed by atoms with van der Waals surface area (Å²) in [6.45, 7) is 4.85. The summed E-state index contributed by atoms with van der Waals surface area (Å²) in [4.78, 5) is -0.255. The fourth-order valence-corrected chi connectivity index (χ4v) is 3.64. The Morgan fingerprint density at radius 1 is 1.45 bits per heavy atom. The van der Waals surface area contributed by atoms with Gasteiger partial charge in [0.1, 0.15) is 10.7 Å². The van der Waals surface area contributed by atoms with Gasteiger partial charge >= 0.3 is 0 Å². The van der Waals surface area contributed by atoms with E-state index in [0.717, 1.165) is 37.7 Å². The molecule has 1 aliphatic heterocycles. The van der Waals surface area contributed by atoms with Crippen molar-refractivity contribution >= 4 is 9.84 Å². The lowest BCUT2D eigenvalue weighted by atomic mass is 10.0. The van der Waals surface area contributed by atoms with E-state index in [1.54, 1.807) is 6.07 Å². The first-order chi connectivity index (χ1) is 10.3. The lowest BCUT2D eigenvalue weighted by Gasteiger charge is -2.27. The first-order valence-electron chi connectivity index (χ1n) is 7.70. The van der Waals surface area contributed by atoms with Gasteiger partial charge in [0, 0.05) is 24.9 Å². The molecule has 0 saturated carbocycles. The highest BCUT2D eigenvalue weighted by molar-refractivity contribution is 7.90. The van der Waals surface area contributed by atoms with E-state index in [1.807, 2.05) is 6.92 Å². The van der Waals surface area contributed by atoms with Crippen molar-refractivity contribution in [3.8, 4) is 0 Å². The van der Waals surface area contributed by atoms with E-state index in [2.05, 4.69) is 12.2 Å². The fraction of sp³-hybridized carbons (Fsp3) is 0.625. The number of hydrogen-bond acceptors (Lipinski definition) is 4. The van der Waals surface area contributed by atoms with Crippen LogP contribution in [-0.2, 0) is 14.6 Å². The Bertz CT molecular complexity index is 612. The van der Waals surface area contributed by atoms with Crippen LogP contribution in [-0.4, -0.2) is 33.4 Å². The largest absolute Gasteiger partial charge is 0.377 e. The molecular weight excluding hydrogens is 305 g/mol. The van der Waals surface area contributed by atoms with Gasteiger partial charge in [-0.3, -0.25) is 0 Å². The monoisotopic (exact) mass is 329 g/mol. The second-order valence-electron chi connectivity index (χ2n) is 5.92. The Hall–Kier alpha value is -0.980. The molecular formula is C16H24FNO3S. The van der Waals surface area contributed by atoms with Crippen LogP contribution < -0.4 is 5.32 Å². The summed E-state index contributed by atoms with van der Waals surface area (Å²) >= 11 is 0. The molecule has 0 unspecified atom stereocenters. The minimum Gasteiger partial charge on any atom is -0.377 e. The van der Waals surface area contributed by atoms with Crippen molar-refractivity contribution in [1.82, 2.24) is 5.32 Å². The molecule has 0 spiro atoms. The van der Waals surface area contributed by atoms with E-state index in [4.69, 9.17) is 4.74 Å². The average molecular weight is 329 g/mol. The van der Waals surface area contributed by atoms with Gasteiger partial charge in [0.05, 0.1) is 6.10 Å². The van der Waals surface area contributed by atoms with Crippen molar-refractivity contribution in [1.29, 1.82) is 0 Å². The standard InChI is InChI=1S/C16H24FNO3S/c1-4-14(15-6-5-9-21-15)18-11(2)12-7-8-16(13(17)10-12)22(3,19)20/h7-8,10-11,14-15,18H,4-6,9H2,1-3H3/t11-,14+,15-/m1/s1. The summed E-state index contributed by atoms with van der Waals surface area (Å²) in [7, 11) is -3.53. The van der Waals surface area contributed by atoms with Crippen LogP contribution in [0.5, 0.6) is 0 Å². The molecule has 2 rings (SSSR count). The maximum atomic E-state index is 14.0. The van der Waals surface area contributed by atoms with Crippen LogP contribution in [0.25, 0.3) is 0 Å². The molecule has 0 radical (unpaired) electrons. The summed E-state index contributed by atoms with van der Waals surface area (Å²) < 4.78 is 42.6. The number of benzene rings is 1. The van der Waals surface area contributed by atoms with E-state index in [9.17, 15) is 12.8 Å². The van der Waals surface area contributed by atoms with Gasteiger partial charge in [-0.2, -0.15) is 0 Å². The zero-order chi connectivity index (χ0) is 16.3. The van der Waals surface area contributed by atoms with Crippen molar-refractivity contribution in [2.24, 2.45) is 0 Å². The number of ether oxygens (including phenoxy) is 1. The van der Waals surface area contributed by atoms with Crippen LogP contribution in [0.15, 0.2) is 23.1 Å². The molecule has 0 aliphatic carbocycles. The minimum atomic E-state index is -3.53. The molecule has 4 nitrogen and oxygen atoms in total. The highest BCUT2D eigenvalue weighted by atomic mass is 32.2. The molecule has 0 bridgehead atoms. The Morgan fingerprint density at radius 3 is 2.68 bits per heavy atom. The summed E-state index contributed by atoms with van der Waals surface area (Å²) in [6.07, 6.45) is 4.26. The molecule has 3 atom stereocenters. The topological polar surface area (TPSA) is 55.4 Å². The molecule has 124 valence electrons. The van der Waals surface area contributed by atoms with Crippen molar-refractivity contribution in [2.45, 2.75) is 56.2 Å². The average Bonchev–Trinajstić information content (AvgIpc) is 2.96. The van der Waals surface area contributed by atoms with Gasteiger partial charge in [-0.25, -0.2) is 12.8 Å². The van der Waals surface area contributed by atoms with Gasteiger partial charge in [-0.05, 0) is 43.9 Å². The summed E-state index contributed by atoms with van der Waals surface area (Å²) in [5.74, 6) is -0.696. The second kappa shape index (κ2) is 7.06. The number of rotatable bonds is 6. The smallest absolute Gasteiger partial charge is 0.178 e. The summed E-state index contributed by atoms with van der Waals surface area (Å²) in [5, 5.41) is 3.47. The van der Waals surface area contributed by atoms with Gasteiger partial charge in [-0.1, -0.05) is 13.0 Å². The van der Waals surface area contributed by atoms with Crippen molar-refractivity contribution in [3.63, 3.8) is 0 Å². The van der Waals surface area contributed by atoms with Crippen LogP contribution in [0, 0.1) is 5.82 Å². The maximum Gasteiger partial charge on any atom is 0.178 e. The van der Waals surface area contributed by atoms with Crippen molar-refractivity contribution < 1.29 is 17.5 Å². The first-order valence-corrected chi connectivity index (χ1v) is 9.59. The molecule has 1 fully saturated rings. The minimum absolute atomic E-state index is 0.0720. The maximum absolute atomic E-state index is 14.0. The van der Waals surface area contributed by atoms with E-state index in [0.29, 0.717) is 0 Å². The molecule has 1 aromatic carbocycles. The highest BCUT2D eigenvalue weighted by Gasteiger charge is 2.26. The van der Waals surface area contributed by atoms with Gasteiger partial charge in [0.25, 0.3) is 0 Å². The summed E-state index contributed by atoms with van der Waals surface area (Å²) in [6, 6.07) is 4.45. The van der Waals surface area contributed by atoms with E-state index in [1.165, 1.54) is 12.1 Å². The fourth-order valence-electron chi connectivity index (χ4n) is 2.91. The Labute approximate surface area is 132 Å². The molecule has 1 aliphatic rings. The van der Waals surface area contributed by atoms with Gasteiger partial charge < -0.3 is 10.1 Å². The molecule has 1 aromatic rings. The predicted octanol–water partition coefficient (Wildman–Crippen LogP) is 2.84. The van der Waals surface area contributed by atoms with Gasteiger partial charge in [0.2, 0.25) is 0 Å². The molecule has 22 heavy (non-hydrogen) atoms. The molecule has 0 amide bonds. The number of nitrogens with one attached hydrogen (secondary N) is 1. The van der Waals surface area contributed by atoms with Crippen LogP contribution in [0.2, 0.25) is 0 Å². The van der Waals surface area contributed by atoms with Crippen LogP contribution in [0.1, 0.15) is 44.7 Å². The zero-order valence-electron chi connectivity index (χ0n) is 13.3. The van der Waals surface area contributed by atoms with E-state index >= 15 is 0 Å². The number of sulfone groups is 1. The van der Waals surface area contributed by atoms with Crippen LogP contribution >= 0.6 is 0 Å². The Kier molecular flexibility index (Phi) is 5.58. The van der Waals surface area contributed by atoms with E-state index < -0.39 is 15.7 Å². The summed E-state index contributed by atoms with van der Waals surface area (Å²) in [5.41, 5.74) is 0.737. The van der Waals surface area contributed by atoms with Crippen LogP contribution in [0.4, 0.5) is 4.39 Å².